The lowest BCUT2D eigenvalue weighted by Crippen LogP contribution is -2.05. The van der Waals surface area contributed by atoms with Gasteiger partial charge in [-0.25, -0.2) is 9.50 Å². The minimum absolute atomic E-state index is 0.0968. The highest BCUT2D eigenvalue weighted by Crippen LogP contribution is 2.23. The fraction of sp³-hybridized carbons (Fsp3) is 0.389. The standard InChI is InChI=1S/C18H21N5O2S/c1-4-5-6-16-12(2)19-17-20-18(21-22(17)13(16)3)26-11-14-7-9-15(10-8-14)23(24)25/h7-10H,4-6,11H2,1-3H3. The summed E-state index contributed by atoms with van der Waals surface area (Å²) >= 11 is 1.50. The van der Waals surface area contributed by atoms with Gasteiger partial charge in [-0.05, 0) is 37.8 Å². The molecule has 0 atom stereocenters. The summed E-state index contributed by atoms with van der Waals surface area (Å²) in [5, 5.41) is 16.0. The summed E-state index contributed by atoms with van der Waals surface area (Å²) in [5.74, 6) is 1.27. The molecule has 0 unspecified atom stereocenters. The van der Waals surface area contributed by atoms with Gasteiger partial charge in [-0.1, -0.05) is 37.2 Å². The maximum Gasteiger partial charge on any atom is 0.269 e. The molecular weight excluding hydrogens is 350 g/mol. The monoisotopic (exact) mass is 371 g/mol. The first-order valence-corrected chi connectivity index (χ1v) is 9.57. The molecule has 0 aliphatic heterocycles. The van der Waals surface area contributed by atoms with Crippen LogP contribution in [0, 0.1) is 24.0 Å². The van der Waals surface area contributed by atoms with Crippen LogP contribution in [0.3, 0.4) is 0 Å². The number of benzene rings is 1. The third-order valence-corrected chi connectivity index (χ3v) is 5.23. The van der Waals surface area contributed by atoms with Crippen LogP contribution in [0.4, 0.5) is 5.69 Å². The maximum absolute atomic E-state index is 10.7. The zero-order chi connectivity index (χ0) is 18.7. The van der Waals surface area contributed by atoms with Crippen molar-refractivity contribution in [3.8, 4) is 0 Å². The second kappa shape index (κ2) is 7.82. The number of hydrogen-bond acceptors (Lipinski definition) is 6. The van der Waals surface area contributed by atoms with Gasteiger partial charge >= 0.3 is 0 Å². The van der Waals surface area contributed by atoms with E-state index in [1.54, 1.807) is 12.1 Å². The fourth-order valence-corrected chi connectivity index (χ4v) is 3.60. The molecule has 0 spiro atoms. The molecule has 7 nitrogen and oxygen atoms in total. The molecule has 136 valence electrons. The number of aryl methyl sites for hydroxylation is 2. The predicted octanol–water partition coefficient (Wildman–Crippen LogP) is 4.28. The Bertz CT molecular complexity index is 937. The van der Waals surface area contributed by atoms with Crippen LogP contribution < -0.4 is 0 Å². The van der Waals surface area contributed by atoms with Gasteiger partial charge in [-0.2, -0.15) is 4.98 Å². The van der Waals surface area contributed by atoms with Crippen molar-refractivity contribution in [2.45, 2.75) is 50.9 Å². The van der Waals surface area contributed by atoms with Crippen molar-refractivity contribution < 1.29 is 4.92 Å². The van der Waals surface area contributed by atoms with Crippen molar-refractivity contribution in [2.24, 2.45) is 0 Å². The molecule has 0 N–H and O–H groups in total. The summed E-state index contributed by atoms with van der Waals surface area (Å²) < 4.78 is 1.82. The first kappa shape index (κ1) is 18.3. The fourth-order valence-electron chi connectivity index (χ4n) is 2.83. The second-order valence-electron chi connectivity index (χ2n) is 6.18. The van der Waals surface area contributed by atoms with Gasteiger partial charge in [0.1, 0.15) is 0 Å². The lowest BCUT2D eigenvalue weighted by atomic mass is 10.1. The van der Waals surface area contributed by atoms with Crippen LogP contribution in [0.5, 0.6) is 0 Å². The summed E-state index contributed by atoms with van der Waals surface area (Å²) in [6.45, 7) is 6.27. The molecule has 1 aromatic carbocycles. The van der Waals surface area contributed by atoms with E-state index in [-0.39, 0.29) is 5.69 Å². The Labute approximate surface area is 156 Å². The SMILES string of the molecule is CCCCc1c(C)nc2nc(SCc3ccc([N+](=O)[O-])cc3)nn2c1C. The van der Waals surface area contributed by atoms with E-state index in [0.717, 1.165) is 36.2 Å². The highest BCUT2D eigenvalue weighted by atomic mass is 32.2. The molecule has 0 radical (unpaired) electrons. The first-order valence-electron chi connectivity index (χ1n) is 8.58. The minimum Gasteiger partial charge on any atom is -0.258 e. The average Bonchev–Trinajstić information content (AvgIpc) is 3.03. The van der Waals surface area contributed by atoms with Crippen molar-refractivity contribution in [1.29, 1.82) is 0 Å². The molecule has 0 fully saturated rings. The van der Waals surface area contributed by atoms with E-state index in [1.807, 2.05) is 11.4 Å². The van der Waals surface area contributed by atoms with E-state index in [4.69, 9.17) is 0 Å². The number of non-ortho nitro benzene ring substituents is 1. The number of nitrogens with zero attached hydrogens (tertiary/aromatic N) is 5. The van der Waals surface area contributed by atoms with Crippen LogP contribution in [-0.2, 0) is 12.2 Å². The molecule has 0 amide bonds. The molecule has 0 aliphatic carbocycles. The highest BCUT2D eigenvalue weighted by molar-refractivity contribution is 7.98. The lowest BCUT2D eigenvalue weighted by molar-refractivity contribution is -0.384. The van der Waals surface area contributed by atoms with E-state index in [9.17, 15) is 10.1 Å². The van der Waals surface area contributed by atoms with Gasteiger partial charge in [0, 0.05) is 29.3 Å². The van der Waals surface area contributed by atoms with E-state index >= 15 is 0 Å². The van der Waals surface area contributed by atoms with E-state index in [2.05, 4.69) is 28.9 Å². The quantitative estimate of drug-likeness (QED) is 0.350. The van der Waals surface area contributed by atoms with Gasteiger partial charge in [0.15, 0.2) is 0 Å². The third kappa shape index (κ3) is 3.85. The topological polar surface area (TPSA) is 86.2 Å². The summed E-state index contributed by atoms with van der Waals surface area (Å²) in [6.07, 6.45) is 3.28. The predicted molar refractivity (Wildman–Crippen MR) is 102 cm³/mol. The van der Waals surface area contributed by atoms with Crippen LogP contribution in [0.25, 0.3) is 5.78 Å². The normalized spacial score (nSPS) is 11.2. The molecule has 0 aliphatic rings. The minimum atomic E-state index is -0.395. The molecular formula is C18H21N5O2S. The van der Waals surface area contributed by atoms with Crippen molar-refractivity contribution in [3.05, 3.63) is 56.9 Å². The molecule has 26 heavy (non-hydrogen) atoms. The number of aromatic nitrogens is 4. The van der Waals surface area contributed by atoms with Crippen LogP contribution in [0.15, 0.2) is 29.4 Å². The smallest absolute Gasteiger partial charge is 0.258 e. The van der Waals surface area contributed by atoms with E-state index in [1.165, 1.54) is 29.5 Å². The average molecular weight is 371 g/mol. The number of nitro groups is 1. The van der Waals surface area contributed by atoms with Crippen molar-refractivity contribution in [2.75, 3.05) is 0 Å². The van der Waals surface area contributed by atoms with Crippen LogP contribution in [-0.4, -0.2) is 24.5 Å². The second-order valence-corrected chi connectivity index (χ2v) is 7.13. The summed E-state index contributed by atoms with van der Waals surface area (Å²) in [7, 11) is 0. The van der Waals surface area contributed by atoms with Gasteiger partial charge < -0.3 is 0 Å². The molecule has 0 saturated carbocycles. The summed E-state index contributed by atoms with van der Waals surface area (Å²) in [4.78, 5) is 19.4. The van der Waals surface area contributed by atoms with Gasteiger partial charge in [-0.3, -0.25) is 10.1 Å². The number of rotatable bonds is 7. The zero-order valence-electron chi connectivity index (χ0n) is 15.1. The molecule has 8 heteroatoms. The van der Waals surface area contributed by atoms with Gasteiger partial charge in [0.2, 0.25) is 5.16 Å². The number of hydrogen-bond donors (Lipinski definition) is 0. The molecule has 0 saturated heterocycles. The maximum atomic E-state index is 10.7. The van der Waals surface area contributed by atoms with Crippen molar-refractivity contribution in [1.82, 2.24) is 19.6 Å². The first-order chi connectivity index (χ1) is 12.5. The molecule has 3 rings (SSSR count). The third-order valence-electron chi connectivity index (χ3n) is 4.32. The molecule has 3 aromatic rings. The number of nitro benzene ring substituents is 1. The largest absolute Gasteiger partial charge is 0.269 e. The zero-order valence-corrected chi connectivity index (χ0v) is 15.9. The van der Waals surface area contributed by atoms with Gasteiger partial charge in [0.05, 0.1) is 4.92 Å². The Hall–Kier alpha value is -2.48. The Balaban J connectivity index is 1.78. The molecule has 0 bridgehead atoms. The summed E-state index contributed by atoms with van der Waals surface area (Å²) in [5.41, 5.74) is 4.44. The van der Waals surface area contributed by atoms with Crippen LogP contribution in [0.1, 0.15) is 42.3 Å². The molecule has 2 heterocycles. The van der Waals surface area contributed by atoms with Crippen molar-refractivity contribution >= 4 is 23.2 Å². The summed E-state index contributed by atoms with van der Waals surface area (Å²) in [6, 6.07) is 6.55. The number of fused-ring (bicyclic) bond motifs is 1. The Morgan fingerprint density at radius 1 is 1.19 bits per heavy atom. The van der Waals surface area contributed by atoms with Crippen molar-refractivity contribution in [3.63, 3.8) is 0 Å². The van der Waals surface area contributed by atoms with Gasteiger partial charge in [0.25, 0.3) is 11.5 Å². The number of unbranched alkanes of at least 4 members (excludes halogenated alkanes) is 1. The highest BCUT2D eigenvalue weighted by Gasteiger charge is 2.13. The Kier molecular flexibility index (Phi) is 5.51. The van der Waals surface area contributed by atoms with E-state index < -0.39 is 4.92 Å². The van der Waals surface area contributed by atoms with E-state index in [0.29, 0.717) is 16.7 Å². The van der Waals surface area contributed by atoms with Crippen LogP contribution >= 0.6 is 11.8 Å². The molecule has 2 aromatic heterocycles. The number of thioether (sulfide) groups is 1. The Morgan fingerprint density at radius 2 is 1.92 bits per heavy atom. The Morgan fingerprint density at radius 3 is 2.58 bits per heavy atom. The van der Waals surface area contributed by atoms with Crippen LogP contribution in [0.2, 0.25) is 0 Å². The lowest BCUT2D eigenvalue weighted by Gasteiger charge is -2.09. The van der Waals surface area contributed by atoms with Gasteiger partial charge in [-0.15, -0.1) is 5.10 Å².